The summed E-state index contributed by atoms with van der Waals surface area (Å²) >= 11 is 0. The molecular formula is C15H26N2O. The maximum absolute atomic E-state index is 9.15. The van der Waals surface area contributed by atoms with Gasteiger partial charge in [0.1, 0.15) is 0 Å². The van der Waals surface area contributed by atoms with E-state index in [4.69, 9.17) is 5.11 Å². The summed E-state index contributed by atoms with van der Waals surface area (Å²) in [6.07, 6.45) is 1.14. The van der Waals surface area contributed by atoms with Crippen molar-refractivity contribution in [1.29, 1.82) is 0 Å². The fourth-order valence-corrected chi connectivity index (χ4v) is 2.02. The molecule has 18 heavy (non-hydrogen) atoms. The number of rotatable bonds is 7. The van der Waals surface area contributed by atoms with Gasteiger partial charge in [0, 0.05) is 12.1 Å². The molecule has 2 N–H and O–H groups in total. The molecule has 2 atom stereocenters. The van der Waals surface area contributed by atoms with Gasteiger partial charge in [-0.15, -0.1) is 0 Å². The quantitative estimate of drug-likeness (QED) is 0.778. The third-order valence-electron chi connectivity index (χ3n) is 3.18. The van der Waals surface area contributed by atoms with Crippen molar-refractivity contribution in [2.75, 3.05) is 20.6 Å². The molecule has 0 saturated heterocycles. The van der Waals surface area contributed by atoms with Gasteiger partial charge in [0.25, 0.3) is 0 Å². The minimum atomic E-state index is 0.108. The van der Waals surface area contributed by atoms with Crippen LogP contribution in [0.25, 0.3) is 0 Å². The Hall–Kier alpha value is -0.900. The lowest BCUT2D eigenvalue weighted by atomic mass is 10.0. The molecule has 0 radical (unpaired) electrons. The molecule has 0 aromatic heterocycles. The lowest BCUT2D eigenvalue weighted by Gasteiger charge is -2.22. The Morgan fingerprint density at radius 3 is 2.61 bits per heavy atom. The summed E-state index contributed by atoms with van der Waals surface area (Å²) in [4.78, 5) is 2.20. The van der Waals surface area contributed by atoms with Crippen LogP contribution in [0.5, 0.6) is 0 Å². The summed E-state index contributed by atoms with van der Waals surface area (Å²) in [6, 6.07) is 8.93. The summed E-state index contributed by atoms with van der Waals surface area (Å²) in [5.74, 6) is 0. The molecule has 0 amide bonds. The van der Waals surface area contributed by atoms with E-state index in [0.29, 0.717) is 12.1 Å². The molecule has 3 heteroatoms. The lowest BCUT2D eigenvalue weighted by Crippen LogP contribution is -2.31. The standard InChI is InChI=1S/C15H26N2O/c1-12(8-9-17(3)4)16-13(2)15-7-5-6-14(10-15)11-18/h5-7,10,12-13,16,18H,8-9,11H2,1-4H3. The van der Waals surface area contributed by atoms with Gasteiger partial charge >= 0.3 is 0 Å². The van der Waals surface area contributed by atoms with Gasteiger partial charge in [-0.25, -0.2) is 0 Å². The van der Waals surface area contributed by atoms with Gasteiger partial charge in [-0.3, -0.25) is 0 Å². The highest BCUT2D eigenvalue weighted by atomic mass is 16.3. The van der Waals surface area contributed by atoms with Crippen LogP contribution in [0.3, 0.4) is 0 Å². The van der Waals surface area contributed by atoms with Crippen molar-refractivity contribution in [3.05, 3.63) is 35.4 Å². The number of benzene rings is 1. The van der Waals surface area contributed by atoms with E-state index in [1.165, 1.54) is 5.56 Å². The number of nitrogens with one attached hydrogen (secondary N) is 1. The molecule has 0 bridgehead atoms. The van der Waals surface area contributed by atoms with Crippen LogP contribution in [0.15, 0.2) is 24.3 Å². The minimum Gasteiger partial charge on any atom is -0.392 e. The molecule has 0 spiro atoms. The van der Waals surface area contributed by atoms with Gasteiger partial charge < -0.3 is 15.3 Å². The second-order valence-corrected chi connectivity index (χ2v) is 5.28. The van der Waals surface area contributed by atoms with Crippen LogP contribution >= 0.6 is 0 Å². The average Bonchev–Trinajstić information content (AvgIpc) is 2.36. The zero-order chi connectivity index (χ0) is 13.5. The number of hydrogen-bond acceptors (Lipinski definition) is 3. The number of hydrogen-bond donors (Lipinski definition) is 2. The third kappa shape index (κ3) is 5.17. The van der Waals surface area contributed by atoms with Crippen LogP contribution in [0, 0.1) is 0 Å². The molecule has 2 unspecified atom stereocenters. The van der Waals surface area contributed by atoms with Crippen molar-refractivity contribution >= 4 is 0 Å². The van der Waals surface area contributed by atoms with Gasteiger partial charge in [-0.1, -0.05) is 24.3 Å². The topological polar surface area (TPSA) is 35.5 Å². The predicted molar refractivity (Wildman–Crippen MR) is 76.5 cm³/mol. The summed E-state index contributed by atoms with van der Waals surface area (Å²) in [5.41, 5.74) is 2.21. The molecule has 1 aromatic carbocycles. The molecule has 102 valence electrons. The number of nitrogens with zero attached hydrogens (tertiary/aromatic N) is 1. The summed E-state index contributed by atoms with van der Waals surface area (Å²) in [5, 5.41) is 12.7. The molecule has 0 fully saturated rings. The Bertz CT molecular complexity index is 352. The fourth-order valence-electron chi connectivity index (χ4n) is 2.02. The summed E-state index contributed by atoms with van der Waals surface area (Å²) < 4.78 is 0. The van der Waals surface area contributed by atoms with Crippen LogP contribution in [-0.4, -0.2) is 36.7 Å². The van der Waals surface area contributed by atoms with Gasteiger partial charge in [-0.2, -0.15) is 0 Å². The van der Waals surface area contributed by atoms with Crippen molar-refractivity contribution in [3.63, 3.8) is 0 Å². The van der Waals surface area contributed by atoms with Gasteiger partial charge in [0.15, 0.2) is 0 Å². The first kappa shape index (κ1) is 15.2. The SMILES string of the molecule is CC(CCN(C)C)NC(C)c1cccc(CO)c1. The molecule has 0 heterocycles. The molecule has 0 aliphatic heterocycles. The Morgan fingerprint density at radius 1 is 1.28 bits per heavy atom. The summed E-state index contributed by atoms with van der Waals surface area (Å²) in [6.45, 7) is 5.59. The van der Waals surface area contributed by atoms with Gasteiger partial charge in [0.2, 0.25) is 0 Å². The van der Waals surface area contributed by atoms with Crippen LogP contribution < -0.4 is 5.32 Å². The van der Waals surface area contributed by atoms with Gasteiger partial charge in [-0.05, 0) is 52.0 Å². The second kappa shape index (κ2) is 7.52. The maximum atomic E-state index is 9.15. The normalized spacial score (nSPS) is 14.8. The van der Waals surface area contributed by atoms with Gasteiger partial charge in [0.05, 0.1) is 6.61 Å². The highest BCUT2D eigenvalue weighted by Crippen LogP contribution is 2.15. The van der Waals surface area contributed by atoms with Crippen molar-refractivity contribution in [2.45, 2.75) is 39.0 Å². The fraction of sp³-hybridized carbons (Fsp3) is 0.600. The third-order valence-corrected chi connectivity index (χ3v) is 3.18. The molecule has 0 saturated carbocycles. The minimum absolute atomic E-state index is 0.108. The van der Waals surface area contributed by atoms with Crippen molar-refractivity contribution < 1.29 is 5.11 Å². The van der Waals surface area contributed by atoms with Crippen LogP contribution in [0.4, 0.5) is 0 Å². The Balaban J connectivity index is 2.50. The molecule has 0 aliphatic carbocycles. The van der Waals surface area contributed by atoms with Crippen molar-refractivity contribution in [3.8, 4) is 0 Å². The average molecular weight is 250 g/mol. The summed E-state index contributed by atoms with van der Waals surface area (Å²) in [7, 11) is 4.20. The van der Waals surface area contributed by atoms with E-state index in [2.05, 4.69) is 50.3 Å². The van der Waals surface area contributed by atoms with E-state index in [0.717, 1.165) is 18.5 Å². The van der Waals surface area contributed by atoms with Crippen LogP contribution in [-0.2, 0) is 6.61 Å². The first-order valence-corrected chi connectivity index (χ1v) is 6.63. The first-order chi connectivity index (χ1) is 8.52. The maximum Gasteiger partial charge on any atom is 0.0681 e. The molecule has 0 aliphatic rings. The molecular weight excluding hydrogens is 224 g/mol. The molecule has 3 nitrogen and oxygen atoms in total. The van der Waals surface area contributed by atoms with Crippen LogP contribution in [0.1, 0.15) is 37.4 Å². The van der Waals surface area contributed by atoms with E-state index in [-0.39, 0.29) is 6.61 Å². The van der Waals surface area contributed by atoms with Crippen LogP contribution in [0.2, 0.25) is 0 Å². The number of aliphatic hydroxyl groups excluding tert-OH is 1. The second-order valence-electron chi connectivity index (χ2n) is 5.28. The molecule has 1 rings (SSSR count). The van der Waals surface area contributed by atoms with Crippen molar-refractivity contribution in [1.82, 2.24) is 10.2 Å². The highest BCUT2D eigenvalue weighted by Gasteiger charge is 2.09. The molecule has 1 aromatic rings. The Morgan fingerprint density at radius 2 is 2.00 bits per heavy atom. The first-order valence-electron chi connectivity index (χ1n) is 6.63. The highest BCUT2D eigenvalue weighted by molar-refractivity contribution is 5.25. The Kier molecular flexibility index (Phi) is 6.33. The van der Waals surface area contributed by atoms with E-state index in [1.807, 2.05) is 12.1 Å². The Labute approximate surface area is 111 Å². The van der Waals surface area contributed by atoms with E-state index in [9.17, 15) is 0 Å². The monoisotopic (exact) mass is 250 g/mol. The zero-order valence-electron chi connectivity index (χ0n) is 12.0. The van der Waals surface area contributed by atoms with E-state index >= 15 is 0 Å². The lowest BCUT2D eigenvalue weighted by molar-refractivity contribution is 0.281. The smallest absolute Gasteiger partial charge is 0.0681 e. The zero-order valence-corrected chi connectivity index (χ0v) is 12.0. The number of aliphatic hydroxyl groups is 1. The largest absolute Gasteiger partial charge is 0.392 e. The van der Waals surface area contributed by atoms with E-state index < -0.39 is 0 Å². The van der Waals surface area contributed by atoms with Crippen molar-refractivity contribution in [2.24, 2.45) is 0 Å². The predicted octanol–water partition coefficient (Wildman–Crippen LogP) is 2.17. The van der Waals surface area contributed by atoms with E-state index in [1.54, 1.807) is 0 Å².